The molecule has 0 spiro atoms. The minimum absolute atomic E-state index is 0.106. The smallest absolute Gasteiger partial charge is 0.240 e. The molecule has 0 aliphatic carbocycles. The molecule has 28 heavy (non-hydrogen) atoms. The first kappa shape index (κ1) is 18.6. The first-order valence-corrected chi connectivity index (χ1v) is 10.9. The zero-order valence-corrected chi connectivity index (χ0v) is 16.2. The second kappa shape index (κ2) is 7.72. The van der Waals surface area contributed by atoms with Gasteiger partial charge < -0.3 is 9.52 Å². The molecule has 3 aromatic heterocycles. The summed E-state index contributed by atoms with van der Waals surface area (Å²) in [5, 5.41) is 18.2. The fourth-order valence-corrected chi connectivity index (χ4v) is 4.35. The largest absolute Gasteiger partial charge is 0.458 e. The Kier molecular flexibility index (Phi) is 5.14. The lowest BCUT2D eigenvalue weighted by Crippen LogP contribution is -2.28. The van der Waals surface area contributed by atoms with Gasteiger partial charge in [0.15, 0.2) is 0 Å². The Hall–Kier alpha value is -2.72. The van der Waals surface area contributed by atoms with Crippen molar-refractivity contribution in [1.82, 2.24) is 14.5 Å². The maximum absolute atomic E-state index is 12.5. The Morgan fingerprint density at radius 3 is 2.68 bits per heavy atom. The van der Waals surface area contributed by atoms with E-state index in [1.807, 2.05) is 16.8 Å². The van der Waals surface area contributed by atoms with Gasteiger partial charge in [-0.2, -0.15) is 16.4 Å². The molecule has 1 atom stereocenters. The maximum atomic E-state index is 12.5. The lowest BCUT2D eigenvalue weighted by Gasteiger charge is -2.11. The van der Waals surface area contributed by atoms with Gasteiger partial charge in [0, 0.05) is 29.9 Å². The second-order valence-corrected chi connectivity index (χ2v) is 8.57. The number of nitrogens with one attached hydrogen (secondary N) is 1. The van der Waals surface area contributed by atoms with Gasteiger partial charge in [0.2, 0.25) is 10.0 Å². The summed E-state index contributed by atoms with van der Waals surface area (Å²) in [5.41, 5.74) is 1.67. The number of rotatable bonds is 7. The van der Waals surface area contributed by atoms with E-state index in [-0.39, 0.29) is 11.4 Å². The number of benzene rings is 1. The second-order valence-electron chi connectivity index (χ2n) is 6.03. The number of hydrogen-bond donors (Lipinski definition) is 2. The van der Waals surface area contributed by atoms with E-state index in [4.69, 9.17) is 4.42 Å². The number of thiophene rings is 1. The third-order valence-electron chi connectivity index (χ3n) is 4.14. The van der Waals surface area contributed by atoms with E-state index < -0.39 is 16.1 Å². The third kappa shape index (κ3) is 3.92. The first-order valence-electron chi connectivity index (χ1n) is 8.43. The SMILES string of the molecule is O=S(=O)(NCC(O)c1ccc(-c2ccsc2)o1)c1ccc(-n2cccn2)cc1. The molecule has 4 aromatic rings. The van der Waals surface area contributed by atoms with E-state index in [9.17, 15) is 13.5 Å². The molecule has 144 valence electrons. The lowest BCUT2D eigenvalue weighted by atomic mass is 10.2. The van der Waals surface area contributed by atoms with Gasteiger partial charge in [0.1, 0.15) is 17.6 Å². The van der Waals surface area contributed by atoms with Crippen molar-refractivity contribution >= 4 is 21.4 Å². The highest BCUT2D eigenvalue weighted by Crippen LogP contribution is 2.27. The van der Waals surface area contributed by atoms with E-state index in [1.165, 1.54) is 12.1 Å². The van der Waals surface area contributed by atoms with Gasteiger partial charge in [0.05, 0.1) is 10.6 Å². The van der Waals surface area contributed by atoms with Crippen molar-refractivity contribution in [1.29, 1.82) is 0 Å². The van der Waals surface area contributed by atoms with Crippen LogP contribution in [0.5, 0.6) is 0 Å². The molecule has 1 aromatic carbocycles. The van der Waals surface area contributed by atoms with Crippen molar-refractivity contribution in [2.45, 2.75) is 11.0 Å². The van der Waals surface area contributed by atoms with E-state index in [1.54, 1.807) is 58.7 Å². The summed E-state index contributed by atoms with van der Waals surface area (Å²) in [5.74, 6) is 0.935. The molecule has 0 radical (unpaired) electrons. The van der Waals surface area contributed by atoms with E-state index in [0.29, 0.717) is 11.5 Å². The maximum Gasteiger partial charge on any atom is 0.240 e. The fraction of sp³-hybridized carbons (Fsp3) is 0.105. The number of furan rings is 1. The summed E-state index contributed by atoms with van der Waals surface area (Å²) in [4.78, 5) is 0.106. The molecule has 0 aliphatic rings. The van der Waals surface area contributed by atoms with Gasteiger partial charge in [0.25, 0.3) is 0 Å². The van der Waals surface area contributed by atoms with Crippen LogP contribution in [0.25, 0.3) is 17.0 Å². The summed E-state index contributed by atoms with van der Waals surface area (Å²) >= 11 is 1.54. The van der Waals surface area contributed by atoms with Crippen LogP contribution < -0.4 is 4.72 Å². The molecule has 2 N–H and O–H groups in total. The topological polar surface area (TPSA) is 97.4 Å². The van der Waals surface area contributed by atoms with Crippen molar-refractivity contribution in [3.63, 3.8) is 0 Å². The van der Waals surface area contributed by atoms with Gasteiger partial charge in [-0.1, -0.05) is 0 Å². The molecule has 0 amide bonds. The predicted octanol–water partition coefficient (Wildman–Crippen LogP) is 3.21. The normalized spacial score (nSPS) is 12.9. The molecule has 3 heterocycles. The minimum atomic E-state index is -3.76. The molecular formula is C19H17N3O4S2. The van der Waals surface area contributed by atoms with Crippen LogP contribution >= 0.6 is 11.3 Å². The molecule has 4 rings (SSSR count). The predicted molar refractivity (Wildman–Crippen MR) is 106 cm³/mol. The number of hydrogen-bond acceptors (Lipinski definition) is 6. The molecule has 0 bridgehead atoms. The van der Waals surface area contributed by atoms with Crippen LogP contribution in [0.4, 0.5) is 0 Å². The summed E-state index contributed by atoms with van der Waals surface area (Å²) in [6.45, 7) is -0.195. The number of nitrogens with zero attached hydrogens (tertiary/aromatic N) is 2. The monoisotopic (exact) mass is 415 g/mol. The third-order valence-corrected chi connectivity index (χ3v) is 6.27. The Labute approximate surface area is 165 Å². The number of sulfonamides is 1. The van der Waals surface area contributed by atoms with Crippen LogP contribution in [-0.2, 0) is 10.0 Å². The average molecular weight is 415 g/mol. The Morgan fingerprint density at radius 2 is 2.00 bits per heavy atom. The highest BCUT2D eigenvalue weighted by atomic mass is 32.2. The highest BCUT2D eigenvalue weighted by Gasteiger charge is 2.19. The Bertz CT molecular complexity index is 1130. The summed E-state index contributed by atoms with van der Waals surface area (Å²) in [7, 11) is -3.76. The number of aromatic nitrogens is 2. The Balaban J connectivity index is 1.42. The molecule has 0 saturated carbocycles. The van der Waals surface area contributed by atoms with Gasteiger partial charge in [-0.15, -0.1) is 0 Å². The van der Waals surface area contributed by atoms with E-state index in [0.717, 1.165) is 11.3 Å². The van der Waals surface area contributed by atoms with E-state index >= 15 is 0 Å². The van der Waals surface area contributed by atoms with Crippen molar-refractivity contribution in [2.75, 3.05) is 6.54 Å². The van der Waals surface area contributed by atoms with Gasteiger partial charge in [-0.3, -0.25) is 0 Å². The van der Waals surface area contributed by atoms with Crippen LogP contribution in [0, 0.1) is 0 Å². The minimum Gasteiger partial charge on any atom is -0.458 e. The van der Waals surface area contributed by atoms with Crippen molar-refractivity contribution < 1.29 is 17.9 Å². The van der Waals surface area contributed by atoms with Gasteiger partial charge in [-0.05, 0) is 53.9 Å². The first-order chi connectivity index (χ1) is 13.5. The summed E-state index contributed by atoms with van der Waals surface area (Å²) in [6, 6.07) is 13.4. The molecule has 7 nitrogen and oxygen atoms in total. The fourth-order valence-electron chi connectivity index (χ4n) is 2.66. The van der Waals surface area contributed by atoms with E-state index in [2.05, 4.69) is 9.82 Å². The Morgan fingerprint density at radius 1 is 1.18 bits per heavy atom. The average Bonchev–Trinajstić information content (AvgIpc) is 3.48. The van der Waals surface area contributed by atoms with Crippen molar-refractivity contribution in [2.24, 2.45) is 0 Å². The number of aliphatic hydroxyl groups is 1. The zero-order valence-electron chi connectivity index (χ0n) is 14.6. The standard InChI is InChI=1S/C19H17N3O4S2/c23-17(19-7-6-18(26-19)14-8-11-27-13-14)12-21-28(24,25)16-4-2-15(3-5-16)22-10-1-9-20-22/h1-11,13,17,21,23H,12H2. The molecular weight excluding hydrogens is 398 g/mol. The molecule has 0 saturated heterocycles. The molecule has 1 unspecified atom stereocenters. The molecule has 0 aliphatic heterocycles. The van der Waals surface area contributed by atoms with Gasteiger partial charge in [-0.25, -0.2) is 17.8 Å². The van der Waals surface area contributed by atoms with Crippen LogP contribution in [0.15, 0.2) is 81.0 Å². The zero-order chi connectivity index (χ0) is 19.6. The summed E-state index contributed by atoms with van der Waals surface area (Å²) in [6.07, 6.45) is 2.32. The quantitative estimate of drug-likeness (QED) is 0.483. The lowest BCUT2D eigenvalue weighted by molar-refractivity contribution is 0.155. The van der Waals surface area contributed by atoms with Crippen LogP contribution in [0.1, 0.15) is 11.9 Å². The van der Waals surface area contributed by atoms with Crippen molar-refractivity contribution in [3.05, 3.63) is 77.4 Å². The summed E-state index contributed by atoms with van der Waals surface area (Å²) < 4.78 is 34.6. The van der Waals surface area contributed by atoms with Crippen molar-refractivity contribution in [3.8, 4) is 17.0 Å². The number of aliphatic hydroxyl groups excluding tert-OH is 1. The van der Waals surface area contributed by atoms with Gasteiger partial charge >= 0.3 is 0 Å². The van der Waals surface area contributed by atoms with Crippen LogP contribution in [0.2, 0.25) is 0 Å². The van der Waals surface area contributed by atoms with Crippen LogP contribution in [-0.4, -0.2) is 29.8 Å². The molecule has 0 fully saturated rings. The highest BCUT2D eigenvalue weighted by molar-refractivity contribution is 7.89. The van der Waals surface area contributed by atoms with Crippen LogP contribution in [0.3, 0.4) is 0 Å². The molecule has 9 heteroatoms.